The van der Waals surface area contributed by atoms with Gasteiger partial charge in [-0.3, -0.25) is 9.89 Å². The number of guanidine groups is 1. The number of aryl methyl sites for hydroxylation is 1. The standard InChI is InChI=1S/C22H41N7O2.HI/c1-3-20-27-26-19-28(20)12-11-24-21(23-10-7-15-30-2)25-18-22(8-5-4-6-9-22)29-13-16-31-17-14-29;/h19H,3-18H2,1-2H3,(H2,23,24,25);1H. The molecule has 1 saturated carbocycles. The van der Waals surface area contributed by atoms with E-state index in [1.807, 2.05) is 0 Å². The Labute approximate surface area is 210 Å². The zero-order valence-electron chi connectivity index (χ0n) is 19.9. The number of nitrogens with one attached hydrogen (secondary N) is 2. The molecule has 184 valence electrons. The maximum Gasteiger partial charge on any atom is 0.191 e. The van der Waals surface area contributed by atoms with Gasteiger partial charge in [0.05, 0.1) is 19.8 Å². The minimum absolute atomic E-state index is 0. The summed E-state index contributed by atoms with van der Waals surface area (Å²) in [5.41, 5.74) is 0.173. The van der Waals surface area contributed by atoms with Gasteiger partial charge in [0, 0.05) is 58.4 Å². The fraction of sp³-hybridized carbons (Fsp3) is 0.864. The Morgan fingerprint density at radius 3 is 2.66 bits per heavy atom. The van der Waals surface area contributed by atoms with Gasteiger partial charge >= 0.3 is 0 Å². The molecule has 2 aliphatic rings. The summed E-state index contributed by atoms with van der Waals surface area (Å²) in [6.07, 6.45) is 10.0. The van der Waals surface area contributed by atoms with Gasteiger partial charge in [-0.2, -0.15) is 0 Å². The summed E-state index contributed by atoms with van der Waals surface area (Å²) in [5.74, 6) is 1.90. The first kappa shape index (κ1) is 27.3. The summed E-state index contributed by atoms with van der Waals surface area (Å²) in [7, 11) is 1.74. The quantitative estimate of drug-likeness (QED) is 0.185. The van der Waals surface area contributed by atoms with Crippen molar-refractivity contribution in [1.82, 2.24) is 30.3 Å². The number of methoxy groups -OCH3 is 1. The predicted molar refractivity (Wildman–Crippen MR) is 138 cm³/mol. The van der Waals surface area contributed by atoms with Crippen LogP contribution in [0.2, 0.25) is 0 Å². The molecule has 0 radical (unpaired) electrons. The highest BCUT2D eigenvalue weighted by atomic mass is 127. The molecule has 2 heterocycles. The van der Waals surface area contributed by atoms with Crippen LogP contribution in [-0.2, 0) is 22.4 Å². The van der Waals surface area contributed by atoms with Crippen molar-refractivity contribution in [3.8, 4) is 0 Å². The number of morpholine rings is 1. The van der Waals surface area contributed by atoms with E-state index in [1.54, 1.807) is 13.4 Å². The number of hydrogen-bond donors (Lipinski definition) is 2. The average Bonchev–Trinajstić information content (AvgIpc) is 3.28. The van der Waals surface area contributed by atoms with Crippen LogP contribution in [0.1, 0.15) is 51.3 Å². The van der Waals surface area contributed by atoms with Crippen LogP contribution in [0, 0.1) is 0 Å². The Morgan fingerprint density at radius 2 is 1.94 bits per heavy atom. The number of ether oxygens (including phenoxy) is 2. The van der Waals surface area contributed by atoms with E-state index in [4.69, 9.17) is 14.5 Å². The van der Waals surface area contributed by atoms with Crippen LogP contribution >= 0.6 is 24.0 Å². The minimum Gasteiger partial charge on any atom is -0.385 e. The Kier molecular flexibility index (Phi) is 12.8. The van der Waals surface area contributed by atoms with Crippen molar-refractivity contribution in [3.05, 3.63) is 12.2 Å². The van der Waals surface area contributed by atoms with Crippen LogP contribution in [0.25, 0.3) is 0 Å². The normalized spacial score (nSPS) is 19.4. The van der Waals surface area contributed by atoms with E-state index in [0.717, 1.165) is 83.7 Å². The summed E-state index contributed by atoms with van der Waals surface area (Å²) < 4.78 is 12.9. The van der Waals surface area contributed by atoms with Crippen molar-refractivity contribution < 1.29 is 9.47 Å². The van der Waals surface area contributed by atoms with E-state index < -0.39 is 0 Å². The molecule has 0 amide bonds. The Bertz CT molecular complexity index is 658. The zero-order chi connectivity index (χ0) is 21.8. The first-order valence-corrected chi connectivity index (χ1v) is 12.0. The van der Waals surface area contributed by atoms with Gasteiger partial charge in [0.25, 0.3) is 0 Å². The van der Waals surface area contributed by atoms with Crippen molar-refractivity contribution in [2.24, 2.45) is 4.99 Å². The van der Waals surface area contributed by atoms with Crippen LogP contribution in [0.3, 0.4) is 0 Å². The number of aliphatic imine (C=N–C) groups is 1. The van der Waals surface area contributed by atoms with Crippen molar-refractivity contribution >= 4 is 29.9 Å². The molecule has 0 unspecified atom stereocenters. The highest BCUT2D eigenvalue weighted by Crippen LogP contribution is 2.34. The Hall–Kier alpha value is -0.980. The second-order valence-corrected chi connectivity index (χ2v) is 8.54. The maximum atomic E-state index is 5.62. The number of hydrogen-bond acceptors (Lipinski definition) is 6. The van der Waals surface area contributed by atoms with Gasteiger partial charge in [-0.1, -0.05) is 26.2 Å². The first-order valence-electron chi connectivity index (χ1n) is 12.0. The molecule has 9 nitrogen and oxygen atoms in total. The number of rotatable bonds is 11. The molecule has 0 atom stereocenters. The summed E-state index contributed by atoms with van der Waals surface area (Å²) in [6.45, 7) is 9.85. The van der Waals surface area contributed by atoms with Gasteiger partial charge in [-0.25, -0.2) is 0 Å². The lowest BCUT2D eigenvalue weighted by molar-refractivity contribution is -0.0333. The van der Waals surface area contributed by atoms with Crippen molar-refractivity contribution in [1.29, 1.82) is 0 Å². The molecular formula is C22H42IN7O2. The summed E-state index contributed by atoms with van der Waals surface area (Å²) in [6, 6.07) is 0. The average molecular weight is 564 g/mol. The lowest BCUT2D eigenvalue weighted by atomic mass is 9.80. The molecule has 1 aliphatic carbocycles. The van der Waals surface area contributed by atoms with Crippen molar-refractivity contribution in [2.45, 2.75) is 64.0 Å². The van der Waals surface area contributed by atoms with Gasteiger partial charge in [-0.15, -0.1) is 34.2 Å². The number of aromatic nitrogens is 3. The van der Waals surface area contributed by atoms with E-state index >= 15 is 0 Å². The van der Waals surface area contributed by atoms with E-state index in [-0.39, 0.29) is 29.5 Å². The monoisotopic (exact) mass is 563 g/mol. The minimum atomic E-state index is 0. The first-order chi connectivity index (χ1) is 15.3. The fourth-order valence-corrected chi connectivity index (χ4v) is 4.68. The molecule has 10 heteroatoms. The van der Waals surface area contributed by atoms with Gasteiger partial charge in [-0.05, 0) is 19.3 Å². The third-order valence-electron chi connectivity index (χ3n) is 6.47. The van der Waals surface area contributed by atoms with E-state index in [1.165, 1.54) is 32.1 Å². The lowest BCUT2D eigenvalue weighted by Crippen LogP contribution is -2.56. The summed E-state index contributed by atoms with van der Waals surface area (Å²) in [5, 5.41) is 15.2. The molecule has 1 aromatic rings. The van der Waals surface area contributed by atoms with Crippen LogP contribution in [-0.4, -0.2) is 90.8 Å². The van der Waals surface area contributed by atoms with E-state index in [0.29, 0.717) is 0 Å². The van der Waals surface area contributed by atoms with Crippen LogP contribution < -0.4 is 10.6 Å². The third kappa shape index (κ3) is 8.11. The van der Waals surface area contributed by atoms with Gasteiger partial charge in [0.2, 0.25) is 0 Å². The van der Waals surface area contributed by atoms with Crippen LogP contribution in [0.4, 0.5) is 0 Å². The molecular weight excluding hydrogens is 521 g/mol. The molecule has 1 aliphatic heterocycles. The third-order valence-corrected chi connectivity index (χ3v) is 6.47. The summed E-state index contributed by atoms with van der Waals surface area (Å²) >= 11 is 0. The Morgan fingerprint density at radius 1 is 1.19 bits per heavy atom. The molecule has 0 aromatic carbocycles. The second-order valence-electron chi connectivity index (χ2n) is 8.54. The van der Waals surface area contributed by atoms with Crippen LogP contribution in [0.5, 0.6) is 0 Å². The van der Waals surface area contributed by atoms with Crippen LogP contribution in [0.15, 0.2) is 11.3 Å². The fourth-order valence-electron chi connectivity index (χ4n) is 4.68. The van der Waals surface area contributed by atoms with E-state index in [2.05, 4.69) is 37.2 Å². The number of nitrogens with zero attached hydrogens (tertiary/aromatic N) is 5. The van der Waals surface area contributed by atoms with Gasteiger partial charge in [0.15, 0.2) is 5.96 Å². The highest BCUT2D eigenvalue weighted by molar-refractivity contribution is 14.0. The molecule has 3 rings (SSSR count). The van der Waals surface area contributed by atoms with E-state index in [9.17, 15) is 0 Å². The predicted octanol–water partition coefficient (Wildman–Crippen LogP) is 2.07. The number of halogens is 1. The Balaban J connectivity index is 0.00000363. The second kappa shape index (κ2) is 15.0. The van der Waals surface area contributed by atoms with Gasteiger partial charge in [0.1, 0.15) is 12.2 Å². The topological polar surface area (TPSA) is 88.8 Å². The van der Waals surface area contributed by atoms with Gasteiger partial charge < -0.3 is 24.7 Å². The SMILES string of the molecule is CCc1nncn1CCNC(=NCC1(N2CCOCC2)CCCCC1)NCCCOC.I. The maximum absolute atomic E-state index is 5.62. The molecule has 2 fully saturated rings. The molecule has 32 heavy (non-hydrogen) atoms. The van der Waals surface area contributed by atoms with Crippen molar-refractivity contribution in [2.75, 3.05) is 59.7 Å². The molecule has 0 spiro atoms. The summed E-state index contributed by atoms with van der Waals surface area (Å²) in [4.78, 5) is 7.73. The smallest absolute Gasteiger partial charge is 0.191 e. The largest absolute Gasteiger partial charge is 0.385 e. The lowest BCUT2D eigenvalue weighted by Gasteiger charge is -2.47. The van der Waals surface area contributed by atoms with Crippen molar-refractivity contribution in [3.63, 3.8) is 0 Å². The molecule has 1 saturated heterocycles. The highest BCUT2D eigenvalue weighted by Gasteiger charge is 2.38. The molecule has 2 N–H and O–H groups in total. The zero-order valence-corrected chi connectivity index (χ0v) is 22.2. The molecule has 0 bridgehead atoms. The molecule has 1 aromatic heterocycles.